The topological polar surface area (TPSA) is 203 Å². The van der Waals surface area contributed by atoms with E-state index >= 15 is 0 Å². The van der Waals surface area contributed by atoms with E-state index in [4.69, 9.17) is 14.2 Å². The molecule has 4 aromatic carbocycles. The lowest BCUT2D eigenvalue weighted by atomic mass is 9.49. The highest BCUT2D eigenvalue weighted by Crippen LogP contribution is 2.62. The van der Waals surface area contributed by atoms with Crippen molar-refractivity contribution in [3.63, 3.8) is 0 Å². The molecular weight excluding hydrogens is 1750 g/mol. The predicted octanol–water partition coefficient (Wildman–Crippen LogP) is 23.9. The minimum absolute atomic E-state index is 0.178. The van der Waals surface area contributed by atoms with Gasteiger partial charge < -0.3 is 28.6 Å². The summed E-state index contributed by atoms with van der Waals surface area (Å²) in [6.45, 7) is 8.40. The molecule has 127 heavy (non-hydrogen) atoms. The van der Waals surface area contributed by atoms with Crippen molar-refractivity contribution in [2.24, 2.45) is 70.0 Å². The van der Waals surface area contributed by atoms with Gasteiger partial charge in [-0.1, -0.05) is 120 Å². The van der Waals surface area contributed by atoms with E-state index < -0.39 is 67.3 Å². The molecule has 4 saturated heterocycles. The van der Waals surface area contributed by atoms with E-state index in [0.717, 1.165) is 170 Å². The van der Waals surface area contributed by atoms with Gasteiger partial charge in [-0.15, -0.1) is 0 Å². The number of halogens is 10. The van der Waals surface area contributed by atoms with Crippen molar-refractivity contribution in [3.05, 3.63) is 96.1 Å². The Kier molecular flexibility index (Phi) is 35.0. The van der Waals surface area contributed by atoms with Crippen LogP contribution in [0.1, 0.15) is 288 Å². The molecular formula is C98H139F10NO13S5+2. The molecule has 16 aliphatic rings. The number of rotatable bonds is 21. The number of carboxylic acid groups (broad SMARTS) is 1. The number of alkyl halides is 10. The molecule has 14 nitrogen and oxygen atoms in total. The van der Waals surface area contributed by atoms with Gasteiger partial charge in [0, 0.05) is 74.4 Å². The normalized spacial score (nSPS) is 28.1. The molecule has 29 heteroatoms. The largest absolute Gasteiger partial charge is 0.743 e. The van der Waals surface area contributed by atoms with Crippen molar-refractivity contribution in [3.8, 4) is 11.5 Å². The quantitative estimate of drug-likeness (QED) is 0.0272. The summed E-state index contributed by atoms with van der Waals surface area (Å²) in [5.41, 5.74) is 1.78. The minimum Gasteiger partial charge on any atom is -0.743 e. The Hall–Kier alpha value is -4.52. The number of ketones is 1. The summed E-state index contributed by atoms with van der Waals surface area (Å²) in [6.07, 6.45) is 42.3. The highest BCUT2D eigenvalue weighted by molar-refractivity contribution is 7.99. The van der Waals surface area contributed by atoms with Crippen LogP contribution in [0.3, 0.4) is 0 Å². The SMILES string of the molecule is CC(C)(C(=O)c1ccc(C2CCCCC2)cc1)[S+]1CCCC1.CC(C)(F)F.CC(F)(F)C(F)(F)C(F)(F)S(=O)(=O)N1CCC2CCCCC2C1.O=C(O)C12CC3CC(CC(C3)C1)C2.O=C(OCC12CC3CC(CC(C3)C1)C2)C(F)(F)S(=O)(=O)[O-].c1cc([S+]2CCOCC2)ccc1OCC1CCCCC1.c1ccc2c([S+]3CCCC3)ccc(OCC3CCCCC3)c2c1. The highest BCUT2D eigenvalue weighted by Gasteiger charge is 2.77. The maximum atomic E-state index is 13.8. The van der Waals surface area contributed by atoms with E-state index in [1.165, 1.54) is 197 Å². The van der Waals surface area contributed by atoms with E-state index in [1.54, 1.807) is 4.90 Å². The fraction of sp³-hybridized carbons (Fsp3) is 0.745. The van der Waals surface area contributed by atoms with Crippen LogP contribution in [0.5, 0.6) is 11.5 Å². The zero-order valence-corrected chi connectivity index (χ0v) is 79.3. The van der Waals surface area contributed by atoms with Gasteiger partial charge in [0.15, 0.2) is 24.7 Å². The predicted molar refractivity (Wildman–Crippen MR) is 484 cm³/mol. The number of hydrogen-bond acceptors (Lipinski definition) is 12. The smallest absolute Gasteiger partial charge is 0.428 e. The molecule has 12 saturated carbocycles. The van der Waals surface area contributed by atoms with Crippen molar-refractivity contribution < 1.29 is 104 Å². The highest BCUT2D eigenvalue weighted by atomic mass is 32.2. The lowest BCUT2D eigenvalue weighted by Crippen LogP contribution is -2.61. The van der Waals surface area contributed by atoms with E-state index in [0.29, 0.717) is 51.7 Å². The second-order valence-electron chi connectivity index (χ2n) is 40.5. The first-order valence-corrected chi connectivity index (χ1v) is 54.9. The number of hydrogen-bond donors (Lipinski definition) is 1. The lowest BCUT2D eigenvalue weighted by Gasteiger charge is -2.56. The van der Waals surface area contributed by atoms with Gasteiger partial charge in [0.1, 0.15) is 46.0 Å². The van der Waals surface area contributed by atoms with Crippen LogP contribution in [0.15, 0.2) is 94.7 Å². The molecule has 20 rings (SSSR count). The molecule has 0 amide bonds. The zero-order chi connectivity index (χ0) is 91.4. The number of sulfonamides is 1. The number of benzene rings is 4. The van der Waals surface area contributed by atoms with E-state index in [9.17, 15) is 84.8 Å². The second kappa shape index (κ2) is 43.9. The van der Waals surface area contributed by atoms with Crippen molar-refractivity contribution in [2.75, 3.05) is 80.6 Å². The molecule has 0 radical (unpaired) electrons. The molecule has 1 N–H and O–H groups in total. The number of Topliss-reactive ketones (excluding diaryl/α,β-unsaturated/α-hetero) is 1. The van der Waals surface area contributed by atoms with Gasteiger partial charge in [0.05, 0.1) is 38.4 Å². The van der Waals surface area contributed by atoms with Crippen LogP contribution in [0.2, 0.25) is 0 Å². The average molecular weight is 1890 g/mol. The minimum atomic E-state index is -6.04. The van der Waals surface area contributed by atoms with Crippen molar-refractivity contribution in [2.45, 2.75) is 315 Å². The molecule has 16 fully saturated rings. The molecule has 4 aromatic rings. The summed E-state index contributed by atoms with van der Waals surface area (Å²) < 4.78 is 206. The summed E-state index contributed by atoms with van der Waals surface area (Å²) in [6, 6.07) is 30.9. The van der Waals surface area contributed by atoms with Crippen molar-refractivity contribution >= 4 is 81.3 Å². The maximum absolute atomic E-state index is 13.8. The Labute approximate surface area is 757 Å². The molecule has 4 heterocycles. The Balaban J connectivity index is 0.000000138. The molecule has 0 aromatic heterocycles. The fourth-order valence-corrected chi connectivity index (χ4v) is 32.6. The first kappa shape index (κ1) is 101. The van der Waals surface area contributed by atoms with Gasteiger partial charge in [-0.2, -0.15) is 39.4 Å². The number of piperidine rings is 1. The third-order valence-corrected chi connectivity index (χ3v) is 40.5. The summed E-state index contributed by atoms with van der Waals surface area (Å²) in [7, 11) is -10.8. The first-order valence-electron chi connectivity index (χ1n) is 47.4. The first-order chi connectivity index (χ1) is 60.0. The lowest BCUT2D eigenvalue weighted by molar-refractivity contribution is -0.272. The molecule has 712 valence electrons. The second-order valence-corrected chi connectivity index (χ2v) is 51.2. The molecule has 2 atom stereocenters. The Morgan fingerprint density at radius 1 is 0.520 bits per heavy atom. The van der Waals surface area contributed by atoms with Gasteiger partial charge in [0.25, 0.3) is 10.0 Å². The summed E-state index contributed by atoms with van der Waals surface area (Å²) >= 11 is 0. The number of carboxylic acids is 1. The zero-order valence-electron chi connectivity index (χ0n) is 75.2. The third-order valence-electron chi connectivity index (χ3n) is 29.8. The van der Waals surface area contributed by atoms with Crippen LogP contribution in [0.4, 0.5) is 43.9 Å². The number of aliphatic carboxylic acids is 1. The van der Waals surface area contributed by atoms with E-state index in [2.05, 4.69) is 104 Å². The standard InChI is InChI=1S/C21H27OS.C20H29OS.C17H25O2S.C13H19F6NO2S.C13H18F2O5S.C11H16O2.C3H6F2/c1-2-8-17(9-3-1)16-22-20-12-13-21(23-14-6-7-15-23)19-11-5-4-10-18(19)20;1-20(2,22-14-6-7-15-22)19(21)18-12-10-17(11-13-18)16-8-4-3-5-9-16;1-2-4-15(5-3-1)14-19-16-6-8-17(9-7-16)20-12-10-18-11-13-20;1-11(14,15)12(16,17)13(18,19)23(21,22)20-7-6-9-4-2-3-5-10(9)8-20;14-13(15,21(17,18)19)11(16)20-7-12-4-8-1-9(5-12)3-10(2-8)6-12;12-10(13)11-4-7-1-8(5-11)3-9(2-7)6-11;1-3(2,4)5/h4-5,10-13,17H,1-3,6-9,14-16H2;10-13,16H,3-9,14-15H2,1-2H3;6-9,15H,1-5,10-14H2;9-10H,2-8H2,1H3;8-10H,1-7H2,(H,17,18,19);7-9H,1-6H2,(H,12,13);1-2H3/q3*+1;;;;/p-1. The van der Waals surface area contributed by atoms with Crippen LogP contribution < -0.4 is 9.47 Å². The molecule has 2 unspecified atom stereocenters. The van der Waals surface area contributed by atoms with Gasteiger partial charge in [-0.05, 0) is 295 Å². The maximum Gasteiger partial charge on any atom is 0.428 e. The average Bonchev–Trinajstić information content (AvgIpc) is 0.894. The van der Waals surface area contributed by atoms with Crippen LogP contribution in [-0.4, -0.2) is 162 Å². The number of esters is 1. The Bertz CT molecular complexity index is 4360. The van der Waals surface area contributed by atoms with Crippen LogP contribution >= 0.6 is 0 Å². The Morgan fingerprint density at radius 2 is 0.984 bits per heavy atom. The monoisotopic (exact) mass is 1890 g/mol. The molecule has 8 bridgehead atoms. The summed E-state index contributed by atoms with van der Waals surface area (Å²) in [5, 5.41) is 1.16. The van der Waals surface area contributed by atoms with E-state index in [-0.39, 0.29) is 68.7 Å². The van der Waals surface area contributed by atoms with Gasteiger partial charge in [-0.3, -0.25) is 9.59 Å². The summed E-state index contributed by atoms with van der Waals surface area (Å²) in [4.78, 5) is 38.5. The number of carbonyl (C=O) groups excluding carboxylic acids is 2. The van der Waals surface area contributed by atoms with Gasteiger partial charge >= 0.3 is 34.3 Å². The van der Waals surface area contributed by atoms with Gasteiger partial charge in [0.2, 0.25) is 11.7 Å². The molecule has 0 spiro atoms. The number of ether oxygens (including phenoxy) is 4. The number of nitrogens with zero attached hydrogens (tertiary/aromatic N) is 1. The summed E-state index contributed by atoms with van der Waals surface area (Å²) in [5.74, 6) is -0.0986. The number of fused-ring (bicyclic) bond motifs is 2. The van der Waals surface area contributed by atoms with Gasteiger partial charge in [-0.25, -0.2) is 30.4 Å². The van der Waals surface area contributed by atoms with Crippen molar-refractivity contribution in [1.82, 2.24) is 4.31 Å². The van der Waals surface area contributed by atoms with Crippen LogP contribution in [0, 0.1) is 70.0 Å². The molecule has 12 aliphatic carbocycles. The van der Waals surface area contributed by atoms with Crippen LogP contribution in [0.25, 0.3) is 10.8 Å². The number of carbonyl (C=O) groups is 3. The Morgan fingerprint density at radius 3 is 1.48 bits per heavy atom. The van der Waals surface area contributed by atoms with Crippen molar-refractivity contribution in [1.29, 1.82) is 0 Å². The fourth-order valence-electron chi connectivity index (χ4n) is 23.7. The van der Waals surface area contributed by atoms with E-state index in [1.807, 2.05) is 0 Å². The third kappa shape index (κ3) is 26.2. The van der Waals surface area contributed by atoms with Crippen LogP contribution in [-0.2, 0) is 71.9 Å². The molecule has 4 aliphatic heterocycles.